The first-order chi connectivity index (χ1) is 6.17. The molecule has 0 aliphatic rings. The molecule has 0 amide bonds. The molecule has 3 nitrogen and oxygen atoms in total. The standard InChI is InChI=1S/C8H10Cl2N2O/c1-11-6(4-13)5-2-7(9)12-8(10)3-5/h2-3,6,11,13H,4H2,1H3. The lowest BCUT2D eigenvalue weighted by molar-refractivity contribution is 0.251. The van der Waals surface area contributed by atoms with Gasteiger partial charge in [-0.2, -0.15) is 0 Å². The van der Waals surface area contributed by atoms with Crippen LogP contribution in [0.25, 0.3) is 0 Å². The third-order valence-corrected chi connectivity index (χ3v) is 2.11. The van der Waals surface area contributed by atoms with E-state index in [1.165, 1.54) is 0 Å². The highest BCUT2D eigenvalue weighted by atomic mass is 35.5. The van der Waals surface area contributed by atoms with Crippen molar-refractivity contribution in [2.45, 2.75) is 6.04 Å². The van der Waals surface area contributed by atoms with E-state index < -0.39 is 0 Å². The van der Waals surface area contributed by atoms with E-state index in [9.17, 15) is 0 Å². The van der Waals surface area contributed by atoms with Gasteiger partial charge in [-0.25, -0.2) is 4.98 Å². The summed E-state index contributed by atoms with van der Waals surface area (Å²) in [5.74, 6) is 0. The van der Waals surface area contributed by atoms with Gasteiger partial charge in [0.1, 0.15) is 10.3 Å². The molecule has 0 saturated heterocycles. The Balaban J connectivity index is 2.99. The van der Waals surface area contributed by atoms with Crippen molar-refractivity contribution in [2.24, 2.45) is 0 Å². The first-order valence-corrected chi connectivity index (χ1v) is 4.54. The number of aromatic nitrogens is 1. The smallest absolute Gasteiger partial charge is 0.131 e. The molecule has 1 atom stereocenters. The minimum atomic E-state index is -0.155. The molecule has 1 unspecified atom stereocenters. The number of likely N-dealkylation sites (N-methyl/N-ethyl adjacent to an activating group) is 1. The Kier molecular flexibility index (Phi) is 3.93. The number of pyridine rings is 1. The molecule has 0 spiro atoms. The van der Waals surface area contributed by atoms with Crippen LogP contribution in [-0.4, -0.2) is 23.7 Å². The van der Waals surface area contributed by atoms with Crippen LogP contribution in [0.2, 0.25) is 10.3 Å². The molecular formula is C8H10Cl2N2O. The highest BCUT2D eigenvalue weighted by Gasteiger charge is 2.09. The van der Waals surface area contributed by atoms with Gasteiger partial charge in [-0.05, 0) is 24.7 Å². The second-order valence-corrected chi connectivity index (χ2v) is 3.34. The van der Waals surface area contributed by atoms with E-state index in [-0.39, 0.29) is 12.6 Å². The Labute approximate surface area is 86.7 Å². The summed E-state index contributed by atoms with van der Waals surface area (Å²) in [5, 5.41) is 12.6. The first kappa shape index (κ1) is 10.7. The molecule has 1 rings (SSSR count). The summed E-state index contributed by atoms with van der Waals surface area (Å²) in [6.45, 7) is -0.00677. The quantitative estimate of drug-likeness (QED) is 0.762. The van der Waals surface area contributed by atoms with Crippen molar-refractivity contribution in [3.63, 3.8) is 0 Å². The Morgan fingerprint density at radius 2 is 2.00 bits per heavy atom. The number of aliphatic hydroxyl groups excluding tert-OH is 1. The van der Waals surface area contributed by atoms with Crippen molar-refractivity contribution < 1.29 is 5.11 Å². The summed E-state index contributed by atoms with van der Waals surface area (Å²) in [6.07, 6.45) is 0. The predicted molar refractivity (Wildman–Crippen MR) is 53.1 cm³/mol. The third-order valence-electron chi connectivity index (χ3n) is 1.72. The molecular weight excluding hydrogens is 211 g/mol. The molecule has 0 aliphatic heterocycles. The summed E-state index contributed by atoms with van der Waals surface area (Å²) < 4.78 is 0. The first-order valence-electron chi connectivity index (χ1n) is 3.78. The lowest BCUT2D eigenvalue weighted by Gasteiger charge is -2.13. The monoisotopic (exact) mass is 220 g/mol. The van der Waals surface area contributed by atoms with Crippen LogP contribution in [0, 0.1) is 0 Å². The van der Waals surface area contributed by atoms with Crippen molar-refractivity contribution in [3.8, 4) is 0 Å². The van der Waals surface area contributed by atoms with Gasteiger partial charge in [0.05, 0.1) is 12.6 Å². The fourth-order valence-corrected chi connectivity index (χ4v) is 1.53. The number of aliphatic hydroxyl groups is 1. The average Bonchev–Trinajstić information content (AvgIpc) is 2.04. The molecule has 0 aromatic carbocycles. The normalized spacial score (nSPS) is 12.9. The van der Waals surface area contributed by atoms with Gasteiger partial charge in [-0.15, -0.1) is 0 Å². The maximum absolute atomic E-state index is 8.99. The largest absolute Gasteiger partial charge is 0.394 e. The molecule has 0 radical (unpaired) electrons. The number of hydrogen-bond donors (Lipinski definition) is 2. The van der Waals surface area contributed by atoms with Gasteiger partial charge in [0.25, 0.3) is 0 Å². The summed E-state index contributed by atoms with van der Waals surface area (Å²) >= 11 is 11.4. The third kappa shape index (κ3) is 2.81. The average molecular weight is 221 g/mol. The highest BCUT2D eigenvalue weighted by Crippen LogP contribution is 2.19. The molecule has 5 heteroatoms. The van der Waals surface area contributed by atoms with Crippen LogP contribution in [-0.2, 0) is 0 Å². The molecule has 0 bridgehead atoms. The number of halogens is 2. The number of rotatable bonds is 3. The molecule has 72 valence electrons. The summed E-state index contributed by atoms with van der Waals surface area (Å²) in [6, 6.07) is 3.19. The van der Waals surface area contributed by atoms with E-state index in [0.717, 1.165) is 5.56 Å². The summed E-state index contributed by atoms with van der Waals surface area (Å²) in [7, 11) is 1.75. The SMILES string of the molecule is CNC(CO)c1cc(Cl)nc(Cl)c1. The minimum Gasteiger partial charge on any atom is -0.394 e. The van der Waals surface area contributed by atoms with Gasteiger partial charge in [0.2, 0.25) is 0 Å². The van der Waals surface area contributed by atoms with Crippen LogP contribution in [0.3, 0.4) is 0 Å². The molecule has 13 heavy (non-hydrogen) atoms. The number of nitrogens with one attached hydrogen (secondary N) is 1. The van der Waals surface area contributed by atoms with E-state index in [2.05, 4.69) is 10.3 Å². The van der Waals surface area contributed by atoms with Gasteiger partial charge in [-0.3, -0.25) is 0 Å². The van der Waals surface area contributed by atoms with E-state index in [1.54, 1.807) is 19.2 Å². The lowest BCUT2D eigenvalue weighted by Crippen LogP contribution is -2.19. The number of nitrogens with zero attached hydrogens (tertiary/aromatic N) is 1. The summed E-state index contributed by atoms with van der Waals surface area (Å²) in [5.41, 5.74) is 0.829. The molecule has 0 aliphatic carbocycles. The van der Waals surface area contributed by atoms with E-state index in [4.69, 9.17) is 28.3 Å². The van der Waals surface area contributed by atoms with Gasteiger partial charge in [0, 0.05) is 0 Å². The molecule has 0 saturated carbocycles. The van der Waals surface area contributed by atoms with E-state index >= 15 is 0 Å². The summed E-state index contributed by atoms with van der Waals surface area (Å²) in [4.78, 5) is 3.81. The van der Waals surface area contributed by atoms with Crippen LogP contribution >= 0.6 is 23.2 Å². The predicted octanol–water partition coefficient (Wildman–Crippen LogP) is 1.64. The van der Waals surface area contributed by atoms with Crippen LogP contribution in [0.1, 0.15) is 11.6 Å². The van der Waals surface area contributed by atoms with Crippen molar-refractivity contribution in [3.05, 3.63) is 28.0 Å². The van der Waals surface area contributed by atoms with Crippen molar-refractivity contribution in [1.29, 1.82) is 0 Å². The van der Waals surface area contributed by atoms with Crippen molar-refractivity contribution in [1.82, 2.24) is 10.3 Å². The number of hydrogen-bond acceptors (Lipinski definition) is 3. The van der Waals surface area contributed by atoms with Crippen LogP contribution in [0.5, 0.6) is 0 Å². The van der Waals surface area contributed by atoms with Gasteiger partial charge >= 0.3 is 0 Å². The van der Waals surface area contributed by atoms with Crippen molar-refractivity contribution >= 4 is 23.2 Å². The molecule has 1 aromatic rings. The lowest BCUT2D eigenvalue weighted by atomic mass is 10.1. The van der Waals surface area contributed by atoms with E-state index in [0.29, 0.717) is 10.3 Å². The Hall–Kier alpha value is -0.350. The second-order valence-electron chi connectivity index (χ2n) is 2.57. The minimum absolute atomic E-state index is 0.00677. The Bertz CT molecular complexity index is 269. The van der Waals surface area contributed by atoms with Gasteiger partial charge in [-0.1, -0.05) is 23.2 Å². The zero-order chi connectivity index (χ0) is 9.84. The molecule has 1 aromatic heterocycles. The van der Waals surface area contributed by atoms with Crippen LogP contribution in [0.15, 0.2) is 12.1 Å². The molecule has 1 heterocycles. The zero-order valence-electron chi connectivity index (χ0n) is 7.09. The molecule has 0 fully saturated rings. The van der Waals surface area contributed by atoms with Crippen LogP contribution < -0.4 is 5.32 Å². The highest BCUT2D eigenvalue weighted by molar-refractivity contribution is 6.32. The Morgan fingerprint density at radius 1 is 1.46 bits per heavy atom. The van der Waals surface area contributed by atoms with Crippen LogP contribution in [0.4, 0.5) is 0 Å². The maximum atomic E-state index is 8.99. The molecule has 2 N–H and O–H groups in total. The fraction of sp³-hybridized carbons (Fsp3) is 0.375. The second kappa shape index (κ2) is 4.77. The Morgan fingerprint density at radius 3 is 2.38 bits per heavy atom. The topological polar surface area (TPSA) is 45.1 Å². The zero-order valence-corrected chi connectivity index (χ0v) is 8.60. The van der Waals surface area contributed by atoms with Gasteiger partial charge < -0.3 is 10.4 Å². The fourth-order valence-electron chi connectivity index (χ4n) is 1.05. The van der Waals surface area contributed by atoms with E-state index in [1.807, 2.05) is 0 Å². The maximum Gasteiger partial charge on any atom is 0.131 e. The van der Waals surface area contributed by atoms with Gasteiger partial charge in [0.15, 0.2) is 0 Å². The van der Waals surface area contributed by atoms with Crippen molar-refractivity contribution in [2.75, 3.05) is 13.7 Å².